The number of aliphatic hydroxyl groups excluding tert-OH is 1. The molecule has 0 amide bonds. The zero-order chi connectivity index (χ0) is 54.6. The number of benzene rings is 3. The molecule has 3 rings (SSSR count). The van der Waals surface area contributed by atoms with Crippen LogP contribution in [0.1, 0.15) is 212 Å². The maximum atomic E-state index is 11.9. The van der Waals surface area contributed by atoms with E-state index in [1.807, 2.05) is 24.3 Å². The van der Waals surface area contributed by atoms with Crippen LogP contribution in [-0.4, -0.2) is 48.5 Å². The third-order valence-electron chi connectivity index (χ3n) is 10.8. The number of halogens is 3. The summed E-state index contributed by atoms with van der Waals surface area (Å²) >= 11 is 14.4. The number of nitrogen functional groups attached to an aromatic ring is 2. The molecular weight excluding hydrogens is 979 g/mol. The van der Waals surface area contributed by atoms with Gasteiger partial charge in [-0.3, -0.25) is 34.6 Å². The monoisotopic (exact) mass is 1070 g/mol. The fourth-order valence-corrected chi connectivity index (χ4v) is 7.08. The molecule has 0 bridgehead atoms. The first-order chi connectivity index (χ1) is 34.5. The van der Waals surface area contributed by atoms with E-state index in [-0.39, 0.29) is 23.8 Å². The van der Waals surface area contributed by atoms with Gasteiger partial charge in [-0.1, -0.05) is 221 Å². The van der Waals surface area contributed by atoms with E-state index in [0.717, 1.165) is 48.9 Å². The molecule has 0 aliphatic carbocycles. The van der Waals surface area contributed by atoms with Crippen LogP contribution in [0.5, 0.6) is 0 Å². The highest BCUT2D eigenvalue weighted by molar-refractivity contribution is 6.63. The average molecular weight is 1070 g/mol. The second kappa shape index (κ2) is 53.0. The van der Waals surface area contributed by atoms with Crippen LogP contribution >= 0.6 is 34.8 Å². The van der Waals surface area contributed by atoms with E-state index < -0.39 is 20.1 Å². The predicted molar refractivity (Wildman–Crippen MR) is 302 cm³/mol. The molecule has 72 heavy (non-hydrogen) atoms. The Morgan fingerprint density at radius 1 is 0.486 bits per heavy atom. The molecule has 0 unspecified atom stereocenters. The van der Waals surface area contributed by atoms with Crippen LogP contribution in [0.25, 0.3) is 0 Å². The number of nitrogens with two attached hydrogens (primary N) is 2. The van der Waals surface area contributed by atoms with Gasteiger partial charge in [-0.15, -0.1) is 0 Å². The van der Waals surface area contributed by atoms with Crippen molar-refractivity contribution in [2.45, 2.75) is 218 Å². The van der Waals surface area contributed by atoms with Crippen molar-refractivity contribution in [3.05, 3.63) is 104 Å². The topological polar surface area (TPSA) is 230 Å². The maximum absolute atomic E-state index is 11.9. The summed E-state index contributed by atoms with van der Waals surface area (Å²) in [5, 5.41) is 36.8. The van der Waals surface area contributed by atoms with Crippen LogP contribution in [0, 0.1) is 20.2 Å². The van der Waals surface area contributed by atoms with Gasteiger partial charge in [0.2, 0.25) is 0 Å². The minimum atomic E-state index is -0.750. The number of carboxylic acid groups (broad SMARTS) is 1. The van der Waals surface area contributed by atoms with Crippen molar-refractivity contribution in [1.82, 2.24) is 0 Å². The first-order valence-electron chi connectivity index (χ1n) is 26.3. The van der Waals surface area contributed by atoms with Crippen molar-refractivity contribution in [2.24, 2.45) is 0 Å². The number of carboxylic acids is 1. The highest BCUT2D eigenvalue weighted by atomic mass is 35.6. The van der Waals surface area contributed by atoms with Gasteiger partial charge in [-0.2, -0.15) is 0 Å². The van der Waals surface area contributed by atoms with E-state index in [1.165, 1.54) is 146 Å². The fraction of sp³-hybridized carbons (Fsp3) is 0.625. The molecule has 6 N–H and O–H groups in total. The summed E-state index contributed by atoms with van der Waals surface area (Å²) in [4.78, 5) is 53.8. The standard InChI is InChI=1S/C18H27NO3.C18H29NO.C11H22O2.C6H6N2O2.C2H6O.CHCl3/c1-2-3-4-5-6-7-8-9-13-18(20)15-16-11-10-12-17(14-16)19(21)22;1-2-3-4-5-6-7-8-9-13-18(20)15-16-11-10-12-17(19)14-16;1-2-3-4-5-6-7-8-9-10-11(12)13;7-5-2-1-3-6(4-5)8(9)10;1-2-3;2-1(3)4/h10-12,14H,2-9,13,15H2,1H3;10-12,14H,2-9,13,15,19H2,1H3;2-10H2,1H3,(H,12,13);1-4H,7H2;3H,2H2,1H3;1H. The molecule has 410 valence electrons. The normalized spacial score (nSPS) is 10.1. The van der Waals surface area contributed by atoms with Gasteiger partial charge in [0.1, 0.15) is 11.6 Å². The lowest BCUT2D eigenvalue weighted by molar-refractivity contribution is -0.385. The molecule has 0 aliphatic rings. The molecule has 13 nitrogen and oxygen atoms in total. The zero-order valence-electron chi connectivity index (χ0n) is 44.2. The van der Waals surface area contributed by atoms with Gasteiger partial charge in [0, 0.05) is 74.4 Å². The smallest absolute Gasteiger partial charge is 0.303 e. The van der Waals surface area contributed by atoms with E-state index in [1.54, 1.807) is 31.2 Å². The second-order valence-corrected chi connectivity index (χ2v) is 19.6. The van der Waals surface area contributed by atoms with Gasteiger partial charge < -0.3 is 21.7 Å². The average Bonchev–Trinajstić information content (AvgIpc) is 3.32. The highest BCUT2D eigenvalue weighted by Gasteiger charge is 2.09. The number of carbonyl (C=O) groups excluding carboxylic acids is 2. The summed E-state index contributed by atoms with van der Waals surface area (Å²) in [5.41, 5.74) is 14.0. The summed E-state index contributed by atoms with van der Waals surface area (Å²) in [6, 6.07) is 19.9. The summed E-state index contributed by atoms with van der Waals surface area (Å²) in [6.07, 6.45) is 32.1. The number of nitro benzene ring substituents is 2. The third-order valence-corrected chi connectivity index (χ3v) is 10.8. The number of hydrogen-bond donors (Lipinski definition) is 4. The number of carbonyl (C=O) groups is 3. The minimum Gasteiger partial charge on any atom is -0.481 e. The number of nitro groups is 2. The van der Waals surface area contributed by atoms with Crippen molar-refractivity contribution in [3.63, 3.8) is 0 Å². The number of alkyl halides is 3. The molecule has 3 aromatic carbocycles. The molecule has 0 spiro atoms. The molecule has 0 aromatic heterocycles. The minimum absolute atomic E-state index is 0.0278. The van der Waals surface area contributed by atoms with Gasteiger partial charge in [0.05, 0.1) is 9.85 Å². The van der Waals surface area contributed by atoms with Gasteiger partial charge in [0.15, 0.2) is 4.30 Å². The molecule has 0 heterocycles. The number of Topliss-reactive ketones (excluding diaryl/α,β-unsaturated/α-hetero) is 2. The van der Waals surface area contributed by atoms with E-state index in [4.69, 9.17) is 56.5 Å². The van der Waals surface area contributed by atoms with E-state index in [2.05, 4.69) is 20.8 Å². The van der Waals surface area contributed by atoms with Crippen molar-refractivity contribution >= 4 is 75.1 Å². The highest BCUT2D eigenvalue weighted by Crippen LogP contribution is 2.17. The summed E-state index contributed by atoms with van der Waals surface area (Å²) < 4.78 is -0.750. The molecular formula is C56H91Cl3N4O9. The lowest BCUT2D eigenvalue weighted by Crippen LogP contribution is -2.03. The summed E-state index contributed by atoms with van der Waals surface area (Å²) in [6.45, 7) is 8.60. The number of hydrogen-bond acceptors (Lipinski definition) is 10. The Morgan fingerprint density at radius 2 is 0.764 bits per heavy atom. The summed E-state index contributed by atoms with van der Waals surface area (Å²) in [5.74, 6) is -0.154. The Labute approximate surface area is 447 Å². The molecule has 0 atom stereocenters. The van der Waals surface area contributed by atoms with Crippen LogP contribution in [0.3, 0.4) is 0 Å². The lowest BCUT2D eigenvalue weighted by atomic mass is 10.0. The van der Waals surface area contributed by atoms with Gasteiger partial charge >= 0.3 is 5.97 Å². The van der Waals surface area contributed by atoms with E-state index in [9.17, 15) is 34.6 Å². The van der Waals surface area contributed by atoms with E-state index in [0.29, 0.717) is 43.6 Å². The van der Waals surface area contributed by atoms with Crippen LogP contribution in [0.15, 0.2) is 72.8 Å². The largest absolute Gasteiger partial charge is 0.481 e. The van der Waals surface area contributed by atoms with Crippen LogP contribution in [0.2, 0.25) is 0 Å². The Balaban J connectivity index is -0.000000871. The first-order valence-corrected chi connectivity index (χ1v) is 27.6. The fourth-order valence-electron chi connectivity index (χ4n) is 7.08. The Morgan fingerprint density at radius 3 is 1.07 bits per heavy atom. The quantitative estimate of drug-likeness (QED) is 0.0147. The summed E-state index contributed by atoms with van der Waals surface area (Å²) in [7, 11) is 0. The number of anilines is 2. The van der Waals surface area contributed by atoms with Gasteiger partial charge in [0.25, 0.3) is 11.4 Å². The van der Waals surface area contributed by atoms with Crippen LogP contribution < -0.4 is 11.5 Å². The van der Waals surface area contributed by atoms with Crippen molar-refractivity contribution < 1.29 is 34.4 Å². The number of non-ortho nitro benzene ring substituents is 2. The molecule has 0 radical (unpaired) electrons. The molecule has 0 saturated heterocycles. The first kappa shape index (κ1) is 72.0. The predicted octanol–water partition coefficient (Wildman–Crippen LogP) is 16.9. The number of unbranched alkanes of at least 4 members (excludes halogenated alkanes) is 21. The number of aliphatic hydroxyl groups is 1. The third kappa shape index (κ3) is 53.5. The van der Waals surface area contributed by atoms with Crippen LogP contribution in [0.4, 0.5) is 22.7 Å². The zero-order valence-corrected chi connectivity index (χ0v) is 46.4. The Bertz CT molecular complexity index is 1800. The Hall–Kier alpha value is -4.30. The van der Waals surface area contributed by atoms with Gasteiger partial charge in [-0.05, 0) is 55.5 Å². The molecule has 0 aliphatic heterocycles. The lowest BCUT2D eigenvalue weighted by Gasteiger charge is -2.03. The van der Waals surface area contributed by atoms with Crippen molar-refractivity contribution in [1.29, 1.82) is 0 Å². The van der Waals surface area contributed by atoms with Crippen molar-refractivity contribution in [2.75, 3.05) is 18.1 Å². The van der Waals surface area contributed by atoms with E-state index >= 15 is 0 Å². The van der Waals surface area contributed by atoms with Crippen LogP contribution in [-0.2, 0) is 27.2 Å². The number of aliphatic carboxylic acids is 1. The molecule has 16 heteroatoms. The number of ketones is 2. The Kier molecular flexibility index (Phi) is 53.0. The SMILES string of the molecule is CCCCCCCCCCC(=O)Cc1cccc(N)c1.CCCCCCCCCCC(=O)Cc1cccc([N+](=O)[O-])c1.CCCCCCCCCCC(=O)O.CCO.ClC(Cl)Cl.Nc1cccc([N+](=O)[O-])c1. The number of rotatable bonds is 33. The molecule has 3 aromatic rings. The maximum Gasteiger partial charge on any atom is 0.303 e. The number of nitrogens with zero attached hydrogens (tertiary/aromatic N) is 2. The van der Waals surface area contributed by atoms with Crippen molar-refractivity contribution in [3.8, 4) is 0 Å². The van der Waals surface area contributed by atoms with Gasteiger partial charge in [-0.25, -0.2) is 0 Å². The molecule has 0 fully saturated rings. The second-order valence-electron chi connectivity index (χ2n) is 17.6. The molecule has 0 saturated carbocycles.